The fourth-order valence-electron chi connectivity index (χ4n) is 2.32. The average Bonchev–Trinajstić information content (AvgIpc) is 2.27. The van der Waals surface area contributed by atoms with E-state index in [1.54, 1.807) is 0 Å². The lowest BCUT2D eigenvalue weighted by Gasteiger charge is -2.17. The zero-order valence-corrected chi connectivity index (χ0v) is 12.2. The van der Waals surface area contributed by atoms with Gasteiger partial charge in [-0.15, -0.1) is 0 Å². The topological polar surface area (TPSA) is 30.0 Å². The number of aromatic nitrogens is 1. The molecule has 2 nitrogen and oxygen atoms in total. The van der Waals surface area contributed by atoms with Crippen LogP contribution < -0.4 is 0 Å². The summed E-state index contributed by atoms with van der Waals surface area (Å²) in [5, 5.41) is 1.10. The van der Waals surface area contributed by atoms with E-state index in [0.29, 0.717) is 12.8 Å². The monoisotopic (exact) mass is 255 g/mol. The van der Waals surface area contributed by atoms with E-state index in [-0.39, 0.29) is 11.2 Å². The first kappa shape index (κ1) is 13.7. The number of benzene rings is 1. The predicted octanol–water partition coefficient (Wildman–Crippen LogP) is 4.09. The highest BCUT2D eigenvalue weighted by Crippen LogP contribution is 2.22. The normalized spacial score (nSPS) is 11.8. The van der Waals surface area contributed by atoms with Gasteiger partial charge in [-0.1, -0.05) is 45.0 Å². The number of fused-ring (bicyclic) bond motifs is 1. The number of para-hydroxylation sites is 1. The van der Waals surface area contributed by atoms with Gasteiger partial charge >= 0.3 is 0 Å². The van der Waals surface area contributed by atoms with Crippen LogP contribution in [-0.2, 0) is 11.2 Å². The van der Waals surface area contributed by atoms with Crippen LogP contribution in [0, 0.1) is 12.3 Å². The third-order valence-corrected chi connectivity index (χ3v) is 3.06. The largest absolute Gasteiger partial charge is 0.299 e. The van der Waals surface area contributed by atoms with Gasteiger partial charge in [-0.3, -0.25) is 9.78 Å². The van der Waals surface area contributed by atoms with Crippen LogP contribution in [0.15, 0.2) is 30.3 Å². The van der Waals surface area contributed by atoms with Crippen LogP contribution in [0.25, 0.3) is 10.9 Å². The molecular weight excluding hydrogens is 234 g/mol. The number of ketones is 1. The molecule has 2 aromatic rings. The van der Waals surface area contributed by atoms with Crippen molar-refractivity contribution >= 4 is 16.7 Å². The van der Waals surface area contributed by atoms with Gasteiger partial charge in [-0.05, 0) is 24.0 Å². The second-order valence-electron chi connectivity index (χ2n) is 6.39. The molecule has 0 aliphatic carbocycles. The van der Waals surface area contributed by atoms with Crippen molar-refractivity contribution in [3.63, 3.8) is 0 Å². The van der Waals surface area contributed by atoms with Crippen LogP contribution in [-0.4, -0.2) is 10.8 Å². The van der Waals surface area contributed by atoms with Crippen molar-refractivity contribution in [3.8, 4) is 0 Å². The molecule has 1 aromatic heterocycles. The Labute approximate surface area is 114 Å². The number of Topliss-reactive ketones (excluding diaryl/α,β-unsaturated/α-hetero) is 1. The van der Waals surface area contributed by atoms with Gasteiger partial charge in [0.1, 0.15) is 5.78 Å². The van der Waals surface area contributed by atoms with Gasteiger partial charge in [0.15, 0.2) is 0 Å². The molecule has 0 saturated heterocycles. The van der Waals surface area contributed by atoms with Crippen molar-refractivity contribution in [2.45, 2.75) is 40.5 Å². The quantitative estimate of drug-likeness (QED) is 0.826. The van der Waals surface area contributed by atoms with Crippen molar-refractivity contribution in [2.75, 3.05) is 0 Å². The van der Waals surface area contributed by atoms with E-state index in [4.69, 9.17) is 0 Å². The Balaban J connectivity index is 2.30. The van der Waals surface area contributed by atoms with E-state index in [0.717, 1.165) is 22.2 Å². The summed E-state index contributed by atoms with van der Waals surface area (Å²) in [4.78, 5) is 16.7. The highest BCUT2D eigenvalue weighted by Gasteiger charge is 2.17. The Morgan fingerprint density at radius 1 is 1.16 bits per heavy atom. The summed E-state index contributed by atoms with van der Waals surface area (Å²) in [6.45, 7) is 8.26. The van der Waals surface area contributed by atoms with E-state index in [2.05, 4.69) is 31.8 Å². The third kappa shape index (κ3) is 3.63. The molecule has 2 heteroatoms. The molecule has 0 saturated carbocycles. The summed E-state index contributed by atoms with van der Waals surface area (Å²) in [5.41, 5.74) is 3.04. The highest BCUT2D eigenvalue weighted by atomic mass is 16.1. The van der Waals surface area contributed by atoms with Crippen molar-refractivity contribution in [3.05, 3.63) is 41.6 Å². The van der Waals surface area contributed by atoms with E-state index in [9.17, 15) is 4.79 Å². The molecule has 0 atom stereocenters. The number of aryl methyl sites for hydroxylation is 1. The summed E-state index contributed by atoms with van der Waals surface area (Å²) in [5.74, 6) is 0.281. The minimum Gasteiger partial charge on any atom is -0.299 e. The second-order valence-corrected chi connectivity index (χ2v) is 6.39. The van der Waals surface area contributed by atoms with E-state index in [1.165, 1.54) is 0 Å². The first-order chi connectivity index (χ1) is 8.85. The Morgan fingerprint density at radius 3 is 2.58 bits per heavy atom. The van der Waals surface area contributed by atoms with Crippen molar-refractivity contribution < 1.29 is 4.79 Å². The lowest BCUT2D eigenvalue weighted by molar-refractivity contribution is -0.120. The molecule has 1 aromatic carbocycles. The maximum absolute atomic E-state index is 12.1. The summed E-state index contributed by atoms with van der Waals surface area (Å²) >= 11 is 0. The van der Waals surface area contributed by atoms with Crippen LogP contribution in [0.4, 0.5) is 0 Å². The molecule has 0 N–H and O–H groups in total. The molecule has 0 spiro atoms. The Hall–Kier alpha value is -1.70. The fraction of sp³-hybridized carbons (Fsp3) is 0.412. The molecule has 0 bridgehead atoms. The number of hydrogen-bond donors (Lipinski definition) is 0. The van der Waals surface area contributed by atoms with Crippen molar-refractivity contribution in [1.29, 1.82) is 0 Å². The van der Waals surface area contributed by atoms with Gasteiger partial charge in [0.25, 0.3) is 0 Å². The Morgan fingerprint density at radius 2 is 1.89 bits per heavy atom. The Bertz CT molecular complexity index is 608. The maximum atomic E-state index is 12.1. The lowest BCUT2D eigenvalue weighted by atomic mass is 9.88. The number of nitrogens with zero attached hydrogens (tertiary/aromatic N) is 1. The smallest absolute Gasteiger partial charge is 0.137 e. The molecule has 19 heavy (non-hydrogen) atoms. The summed E-state index contributed by atoms with van der Waals surface area (Å²) < 4.78 is 0. The Kier molecular flexibility index (Phi) is 3.70. The first-order valence-electron chi connectivity index (χ1n) is 6.72. The SMILES string of the molecule is Cc1ccc2cccc(CC(=O)CC(C)(C)C)c2n1. The molecule has 0 aliphatic rings. The minimum absolute atomic E-state index is 0.0466. The maximum Gasteiger partial charge on any atom is 0.137 e. The van der Waals surface area contributed by atoms with Crippen LogP contribution >= 0.6 is 0 Å². The van der Waals surface area contributed by atoms with Crippen LogP contribution in [0.1, 0.15) is 38.4 Å². The molecule has 0 aliphatic heterocycles. The lowest BCUT2D eigenvalue weighted by Crippen LogP contribution is -2.14. The molecule has 1 heterocycles. The average molecular weight is 255 g/mol. The molecular formula is C17H21NO. The number of hydrogen-bond acceptors (Lipinski definition) is 2. The third-order valence-electron chi connectivity index (χ3n) is 3.06. The van der Waals surface area contributed by atoms with Gasteiger partial charge in [0.05, 0.1) is 5.52 Å². The zero-order valence-electron chi connectivity index (χ0n) is 12.2. The zero-order chi connectivity index (χ0) is 14.0. The van der Waals surface area contributed by atoms with Gasteiger partial charge < -0.3 is 0 Å². The summed E-state index contributed by atoms with van der Waals surface area (Å²) in [7, 11) is 0. The number of rotatable bonds is 3. The molecule has 0 radical (unpaired) electrons. The fourth-order valence-corrected chi connectivity index (χ4v) is 2.32. The van der Waals surface area contributed by atoms with E-state index < -0.39 is 0 Å². The van der Waals surface area contributed by atoms with Gasteiger partial charge in [0.2, 0.25) is 0 Å². The number of carbonyl (C=O) groups is 1. The summed E-state index contributed by atoms with van der Waals surface area (Å²) in [6, 6.07) is 10.1. The predicted molar refractivity (Wildman–Crippen MR) is 79.3 cm³/mol. The highest BCUT2D eigenvalue weighted by molar-refractivity contribution is 5.88. The standard InChI is InChI=1S/C17H21NO/c1-12-8-9-13-6-5-7-14(16(13)18-12)10-15(19)11-17(2,3)4/h5-9H,10-11H2,1-4H3. The van der Waals surface area contributed by atoms with Gasteiger partial charge in [0, 0.05) is 23.9 Å². The molecule has 2 rings (SSSR count). The van der Waals surface area contributed by atoms with Crippen molar-refractivity contribution in [1.82, 2.24) is 4.98 Å². The van der Waals surface area contributed by atoms with E-state index >= 15 is 0 Å². The number of pyridine rings is 1. The molecule has 0 unspecified atom stereocenters. The molecule has 0 amide bonds. The summed E-state index contributed by atoms with van der Waals surface area (Å²) in [6.07, 6.45) is 1.08. The second kappa shape index (κ2) is 5.12. The number of carbonyl (C=O) groups excluding carboxylic acids is 1. The molecule has 100 valence electrons. The van der Waals surface area contributed by atoms with Crippen LogP contribution in [0.3, 0.4) is 0 Å². The van der Waals surface area contributed by atoms with E-state index in [1.807, 2.05) is 31.2 Å². The molecule has 0 fully saturated rings. The van der Waals surface area contributed by atoms with Crippen LogP contribution in [0.5, 0.6) is 0 Å². The van der Waals surface area contributed by atoms with Gasteiger partial charge in [-0.25, -0.2) is 0 Å². The first-order valence-corrected chi connectivity index (χ1v) is 6.72. The van der Waals surface area contributed by atoms with Crippen LogP contribution in [0.2, 0.25) is 0 Å². The van der Waals surface area contributed by atoms with Crippen molar-refractivity contribution in [2.24, 2.45) is 5.41 Å². The van der Waals surface area contributed by atoms with Gasteiger partial charge in [-0.2, -0.15) is 0 Å². The minimum atomic E-state index is 0.0466.